The molecule has 8 heteroatoms. The van der Waals surface area contributed by atoms with Crippen LogP contribution in [0.5, 0.6) is 0 Å². The van der Waals surface area contributed by atoms with Crippen LogP contribution in [0.25, 0.3) is 0 Å². The van der Waals surface area contributed by atoms with Crippen molar-refractivity contribution in [3.63, 3.8) is 0 Å². The Kier molecular flexibility index (Phi) is 6.06. The molecule has 3 fully saturated rings. The predicted molar refractivity (Wildman–Crippen MR) is 135 cm³/mol. The second-order valence-electron chi connectivity index (χ2n) is 10.3. The number of rotatable bonds is 6. The minimum Gasteiger partial charge on any atom is -0.315 e. The lowest BCUT2D eigenvalue weighted by molar-refractivity contribution is 0.0411. The Morgan fingerprint density at radius 2 is 1.80 bits per heavy atom. The molecule has 1 spiro atoms. The molecule has 5 rings (SSSR count). The van der Waals surface area contributed by atoms with E-state index in [1.54, 1.807) is 25.7 Å². The zero-order chi connectivity index (χ0) is 24.5. The SMILES string of the molecule is C/N=C/c1ncc(N2C[C@]3(CC[C@@](NC)(c4ccccc4)CC3)N(CC3(C#N)CCC3)C2=O)cn1. The molecule has 0 unspecified atom stereocenters. The first-order valence-corrected chi connectivity index (χ1v) is 12.5. The third-order valence-corrected chi connectivity index (χ3v) is 8.55. The van der Waals surface area contributed by atoms with Crippen LogP contribution in [0.15, 0.2) is 47.7 Å². The molecule has 1 saturated heterocycles. The van der Waals surface area contributed by atoms with Gasteiger partial charge in [-0.3, -0.25) is 9.89 Å². The number of carbonyl (C=O) groups is 1. The van der Waals surface area contributed by atoms with Gasteiger partial charge in [-0.25, -0.2) is 14.8 Å². The van der Waals surface area contributed by atoms with E-state index >= 15 is 0 Å². The maximum Gasteiger partial charge on any atom is 0.325 e. The van der Waals surface area contributed by atoms with Crippen molar-refractivity contribution in [2.45, 2.75) is 56.0 Å². The molecule has 1 aromatic carbocycles. The van der Waals surface area contributed by atoms with Gasteiger partial charge in [0.1, 0.15) is 0 Å². The third-order valence-electron chi connectivity index (χ3n) is 8.55. The second kappa shape index (κ2) is 9.04. The van der Waals surface area contributed by atoms with Crippen LogP contribution in [0, 0.1) is 16.7 Å². The Hall–Kier alpha value is -3.31. The fourth-order valence-corrected chi connectivity index (χ4v) is 6.11. The number of carbonyl (C=O) groups excluding carboxylic acids is 1. The molecule has 3 aliphatic rings. The molecule has 1 aliphatic heterocycles. The van der Waals surface area contributed by atoms with Crippen molar-refractivity contribution < 1.29 is 4.79 Å². The summed E-state index contributed by atoms with van der Waals surface area (Å²) in [6.45, 7) is 1.09. The number of hydrogen-bond acceptors (Lipinski definition) is 6. The van der Waals surface area contributed by atoms with Gasteiger partial charge in [0.2, 0.25) is 0 Å². The van der Waals surface area contributed by atoms with Crippen LogP contribution in [0.1, 0.15) is 56.3 Å². The van der Waals surface area contributed by atoms with Gasteiger partial charge in [-0.15, -0.1) is 0 Å². The lowest BCUT2D eigenvalue weighted by atomic mass is 9.66. The van der Waals surface area contributed by atoms with Gasteiger partial charge < -0.3 is 10.2 Å². The molecule has 182 valence electrons. The highest BCUT2D eigenvalue weighted by Gasteiger charge is 2.56. The van der Waals surface area contributed by atoms with Gasteiger partial charge in [-0.2, -0.15) is 5.26 Å². The average Bonchev–Trinajstić information content (AvgIpc) is 3.14. The van der Waals surface area contributed by atoms with Gasteiger partial charge in [0.15, 0.2) is 5.82 Å². The van der Waals surface area contributed by atoms with Gasteiger partial charge in [0.05, 0.1) is 47.9 Å². The Labute approximate surface area is 207 Å². The summed E-state index contributed by atoms with van der Waals surface area (Å²) < 4.78 is 0. The second-order valence-corrected chi connectivity index (χ2v) is 10.3. The van der Waals surface area contributed by atoms with Crippen LogP contribution in [0.3, 0.4) is 0 Å². The quantitative estimate of drug-likeness (QED) is 0.645. The summed E-state index contributed by atoms with van der Waals surface area (Å²) in [5.41, 5.74) is 1.14. The fourth-order valence-electron chi connectivity index (χ4n) is 6.11. The van der Waals surface area contributed by atoms with Crippen molar-refractivity contribution >= 4 is 17.9 Å². The topological polar surface area (TPSA) is 97.5 Å². The normalized spacial score (nSPS) is 27.9. The highest BCUT2D eigenvalue weighted by Crippen LogP contribution is 2.50. The van der Waals surface area contributed by atoms with E-state index in [1.165, 1.54) is 5.56 Å². The van der Waals surface area contributed by atoms with Gasteiger partial charge in [-0.1, -0.05) is 36.8 Å². The van der Waals surface area contributed by atoms with Gasteiger partial charge >= 0.3 is 6.03 Å². The number of benzene rings is 1. The number of nitriles is 1. The van der Waals surface area contributed by atoms with Crippen LogP contribution < -0.4 is 10.2 Å². The predicted octanol–water partition coefficient (Wildman–Crippen LogP) is 3.89. The van der Waals surface area contributed by atoms with Crippen molar-refractivity contribution in [2.24, 2.45) is 10.4 Å². The van der Waals surface area contributed by atoms with E-state index in [0.717, 1.165) is 44.9 Å². The highest BCUT2D eigenvalue weighted by atomic mass is 16.2. The van der Waals surface area contributed by atoms with Gasteiger partial charge in [0, 0.05) is 19.1 Å². The molecule has 1 aromatic heterocycles. The minimum atomic E-state index is -0.423. The van der Waals surface area contributed by atoms with Gasteiger partial charge in [0.25, 0.3) is 0 Å². The number of nitrogens with zero attached hydrogens (tertiary/aromatic N) is 6. The van der Waals surface area contributed by atoms with E-state index in [-0.39, 0.29) is 17.1 Å². The number of urea groups is 1. The monoisotopic (exact) mass is 471 g/mol. The Bertz CT molecular complexity index is 1130. The first-order valence-electron chi connectivity index (χ1n) is 12.5. The molecular weight excluding hydrogens is 438 g/mol. The molecule has 2 aliphatic carbocycles. The molecular formula is C27H33N7O. The molecule has 0 radical (unpaired) electrons. The zero-order valence-corrected chi connectivity index (χ0v) is 20.6. The van der Waals surface area contributed by atoms with E-state index in [0.29, 0.717) is 24.6 Å². The summed E-state index contributed by atoms with van der Waals surface area (Å²) in [4.78, 5) is 30.4. The number of aromatic nitrogens is 2. The molecule has 0 bridgehead atoms. The van der Waals surface area contributed by atoms with Crippen LogP contribution >= 0.6 is 0 Å². The lowest BCUT2D eigenvalue weighted by Gasteiger charge is -2.50. The van der Waals surface area contributed by atoms with E-state index < -0.39 is 5.41 Å². The summed E-state index contributed by atoms with van der Waals surface area (Å²) in [5, 5.41) is 13.6. The molecule has 2 saturated carbocycles. The Balaban J connectivity index is 1.45. The maximum absolute atomic E-state index is 13.9. The molecule has 8 nitrogen and oxygen atoms in total. The minimum absolute atomic E-state index is 0.0382. The van der Waals surface area contributed by atoms with E-state index in [1.807, 2.05) is 22.9 Å². The first-order chi connectivity index (χ1) is 17.0. The van der Waals surface area contributed by atoms with Crippen LogP contribution in [-0.2, 0) is 5.54 Å². The molecule has 2 aromatic rings. The van der Waals surface area contributed by atoms with Crippen molar-refractivity contribution in [2.75, 3.05) is 32.1 Å². The standard InChI is InChI=1S/C27H33N7O/c1-29-17-23-31-15-22(16-32-23)33-20-26(34(24(33)35)19-25(18-28)9-6-10-25)11-13-27(30-2,14-12-26)21-7-4-3-5-8-21/h3-5,7-8,15-17,30H,6,9-14,19-20H2,1-2H3/b29-17+/t26-,27+. The molecule has 35 heavy (non-hydrogen) atoms. The highest BCUT2D eigenvalue weighted by molar-refractivity contribution is 5.95. The summed E-state index contributed by atoms with van der Waals surface area (Å²) in [6, 6.07) is 13.1. The zero-order valence-electron chi connectivity index (χ0n) is 20.6. The van der Waals surface area contributed by atoms with Crippen LogP contribution in [0.2, 0.25) is 0 Å². The third kappa shape index (κ3) is 3.98. The Morgan fingerprint density at radius 3 is 2.34 bits per heavy atom. The maximum atomic E-state index is 13.9. The van der Waals surface area contributed by atoms with Crippen molar-refractivity contribution in [1.82, 2.24) is 20.2 Å². The van der Waals surface area contributed by atoms with Gasteiger partial charge in [-0.05, 0) is 51.1 Å². The summed E-state index contributed by atoms with van der Waals surface area (Å²) in [6.07, 6.45) is 11.4. The fraction of sp³-hybridized carbons (Fsp3) is 0.519. The largest absolute Gasteiger partial charge is 0.325 e. The summed E-state index contributed by atoms with van der Waals surface area (Å²) in [7, 11) is 3.71. The molecule has 0 atom stereocenters. The summed E-state index contributed by atoms with van der Waals surface area (Å²) in [5.74, 6) is 0.520. The Morgan fingerprint density at radius 1 is 1.11 bits per heavy atom. The van der Waals surface area contributed by atoms with Crippen LogP contribution in [-0.4, -0.2) is 59.8 Å². The van der Waals surface area contributed by atoms with Crippen molar-refractivity contribution in [1.29, 1.82) is 5.26 Å². The average molecular weight is 472 g/mol. The lowest BCUT2D eigenvalue weighted by Crippen LogP contribution is -2.57. The number of amides is 2. The number of hydrogen-bond donors (Lipinski definition) is 1. The van der Waals surface area contributed by atoms with E-state index in [4.69, 9.17) is 0 Å². The van der Waals surface area contributed by atoms with Crippen LogP contribution in [0.4, 0.5) is 10.5 Å². The number of aliphatic imine (C=N–C) groups is 1. The molecule has 2 amide bonds. The molecule has 1 N–H and O–H groups in total. The number of anilines is 1. The number of nitrogens with one attached hydrogen (secondary N) is 1. The van der Waals surface area contributed by atoms with Crippen molar-refractivity contribution in [3.8, 4) is 6.07 Å². The smallest absolute Gasteiger partial charge is 0.315 e. The van der Waals surface area contributed by atoms with E-state index in [2.05, 4.69) is 50.6 Å². The molecule has 2 heterocycles. The van der Waals surface area contributed by atoms with Crippen molar-refractivity contribution in [3.05, 3.63) is 54.1 Å². The summed E-state index contributed by atoms with van der Waals surface area (Å²) >= 11 is 0. The first kappa shape index (κ1) is 23.4. The van der Waals surface area contributed by atoms with E-state index in [9.17, 15) is 10.1 Å².